The molecule has 2 nitrogen and oxygen atoms in total. The second-order valence-electron chi connectivity index (χ2n) is 3.81. The molecule has 0 heterocycles. The van der Waals surface area contributed by atoms with Crippen molar-refractivity contribution in [2.75, 3.05) is 7.11 Å². The fraction of sp³-hybridized carbons (Fsp3) is 0.500. The molecule has 1 rings (SSSR count). The lowest BCUT2D eigenvalue weighted by Gasteiger charge is -2.14. The molecule has 0 aliphatic carbocycles. The Labute approximate surface area is 93.9 Å². The van der Waals surface area contributed by atoms with E-state index in [-0.39, 0.29) is 11.7 Å². The summed E-state index contributed by atoms with van der Waals surface area (Å²) in [6.45, 7) is 1.86. The van der Waals surface area contributed by atoms with E-state index in [1.807, 2.05) is 6.92 Å². The smallest absolute Gasteiger partial charge is 0.129 e. The summed E-state index contributed by atoms with van der Waals surface area (Å²) in [5.41, 5.74) is 0.00306. The summed E-state index contributed by atoms with van der Waals surface area (Å²) in [4.78, 5) is 0. The maximum absolute atomic E-state index is 13.3. The molecule has 1 aromatic carbocycles. The van der Waals surface area contributed by atoms with Crippen LogP contribution in [0.4, 0.5) is 8.78 Å². The lowest BCUT2D eigenvalue weighted by Crippen LogP contribution is -2.09. The van der Waals surface area contributed by atoms with Crippen molar-refractivity contribution in [3.05, 3.63) is 35.4 Å². The Kier molecular flexibility index (Phi) is 4.83. The van der Waals surface area contributed by atoms with E-state index >= 15 is 0 Å². The van der Waals surface area contributed by atoms with Gasteiger partial charge in [0.05, 0.1) is 12.2 Å². The summed E-state index contributed by atoms with van der Waals surface area (Å²) in [6, 6.07) is 3.08. The van der Waals surface area contributed by atoms with E-state index in [9.17, 15) is 13.9 Å². The first-order chi connectivity index (χ1) is 7.54. The summed E-state index contributed by atoms with van der Waals surface area (Å²) in [5.74, 6) is -1.13. The van der Waals surface area contributed by atoms with E-state index in [1.165, 1.54) is 0 Å². The quantitative estimate of drug-likeness (QED) is 0.842. The van der Waals surface area contributed by atoms with Crippen LogP contribution in [0.3, 0.4) is 0 Å². The predicted molar refractivity (Wildman–Crippen MR) is 57.0 cm³/mol. The molecule has 0 fully saturated rings. The number of ether oxygens (including phenoxy) is 1. The summed E-state index contributed by atoms with van der Waals surface area (Å²) in [5, 5.41) is 9.71. The van der Waals surface area contributed by atoms with Crippen LogP contribution in [0.15, 0.2) is 18.2 Å². The van der Waals surface area contributed by atoms with Crippen molar-refractivity contribution in [3.8, 4) is 0 Å². The topological polar surface area (TPSA) is 29.5 Å². The first-order valence-electron chi connectivity index (χ1n) is 5.20. The van der Waals surface area contributed by atoms with Crippen molar-refractivity contribution in [2.45, 2.75) is 32.0 Å². The Morgan fingerprint density at radius 1 is 1.31 bits per heavy atom. The SMILES string of the molecule is COC(C)CCC(O)c1cc(F)ccc1F. The van der Waals surface area contributed by atoms with Crippen LogP contribution in [0.2, 0.25) is 0 Å². The van der Waals surface area contributed by atoms with Gasteiger partial charge in [-0.25, -0.2) is 8.78 Å². The maximum Gasteiger partial charge on any atom is 0.129 e. The largest absolute Gasteiger partial charge is 0.388 e. The van der Waals surface area contributed by atoms with Crippen molar-refractivity contribution in [1.29, 1.82) is 0 Å². The average Bonchev–Trinajstić information content (AvgIpc) is 2.28. The van der Waals surface area contributed by atoms with E-state index in [1.54, 1.807) is 7.11 Å². The summed E-state index contributed by atoms with van der Waals surface area (Å²) in [6.07, 6.45) is -0.0669. The third-order valence-corrected chi connectivity index (χ3v) is 2.57. The van der Waals surface area contributed by atoms with Gasteiger partial charge in [0.25, 0.3) is 0 Å². The zero-order valence-corrected chi connectivity index (χ0v) is 9.41. The van der Waals surface area contributed by atoms with Gasteiger partial charge in [0.2, 0.25) is 0 Å². The molecule has 1 aromatic rings. The standard InChI is InChI=1S/C12H16F2O2/c1-8(16-2)3-6-12(15)10-7-9(13)4-5-11(10)14/h4-5,7-8,12,15H,3,6H2,1-2H3. The van der Waals surface area contributed by atoms with Gasteiger partial charge < -0.3 is 9.84 Å². The number of hydrogen-bond donors (Lipinski definition) is 1. The fourth-order valence-electron chi connectivity index (χ4n) is 1.44. The molecule has 4 heteroatoms. The van der Waals surface area contributed by atoms with Crippen LogP contribution in [-0.4, -0.2) is 18.3 Å². The van der Waals surface area contributed by atoms with Crippen LogP contribution in [0.5, 0.6) is 0 Å². The Bertz CT molecular complexity index is 342. The second-order valence-corrected chi connectivity index (χ2v) is 3.81. The lowest BCUT2D eigenvalue weighted by molar-refractivity contribution is 0.0840. The molecule has 0 aliphatic heterocycles. The molecule has 2 unspecified atom stereocenters. The van der Waals surface area contributed by atoms with Gasteiger partial charge >= 0.3 is 0 Å². The highest BCUT2D eigenvalue weighted by atomic mass is 19.1. The highest BCUT2D eigenvalue weighted by molar-refractivity contribution is 5.20. The second kappa shape index (κ2) is 5.92. The molecule has 0 spiro atoms. The molecule has 0 radical (unpaired) electrons. The number of hydrogen-bond acceptors (Lipinski definition) is 2. The van der Waals surface area contributed by atoms with Crippen LogP contribution in [0.1, 0.15) is 31.4 Å². The number of rotatable bonds is 5. The van der Waals surface area contributed by atoms with E-state index in [2.05, 4.69) is 0 Å². The number of benzene rings is 1. The van der Waals surface area contributed by atoms with E-state index in [0.717, 1.165) is 18.2 Å². The van der Waals surface area contributed by atoms with Crippen LogP contribution >= 0.6 is 0 Å². The summed E-state index contributed by atoms with van der Waals surface area (Å²) >= 11 is 0. The van der Waals surface area contributed by atoms with Crippen molar-refractivity contribution in [1.82, 2.24) is 0 Å². The monoisotopic (exact) mass is 230 g/mol. The third kappa shape index (κ3) is 3.54. The molecule has 0 bridgehead atoms. The molecule has 90 valence electrons. The zero-order chi connectivity index (χ0) is 12.1. The number of aliphatic hydroxyl groups excluding tert-OH is 1. The summed E-state index contributed by atoms with van der Waals surface area (Å²) < 4.78 is 31.1. The first kappa shape index (κ1) is 13.1. The lowest BCUT2D eigenvalue weighted by atomic mass is 10.0. The van der Waals surface area contributed by atoms with Gasteiger partial charge in [0.1, 0.15) is 11.6 Å². The predicted octanol–water partition coefficient (Wildman–Crippen LogP) is 2.81. The molecule has 16 heavy (non-hydrogen) atoms. The minimum Gasteiger partial charge on any atom is -0.388 e. The normalized spacial score (nSPS) is 14.8. The van der Waals surface area contributed by atoms with E-state index in [4.69, 9.17) is 4.74 Å². The minimum absolute atomic E-state index is 0.00306. The van der Waals surface area contributed by atoms with Gasteiger partial charge in [-0.3, -0.25) is 0 Å². The van der Waals surface area contributed by atoms with Crippen LogP contribution in [-0.2, 0) is 4.74 Å². The Morgan fingerprint density at radius 2 is 2.00 bits per heavy atom. The number of methoxy groups -OCH3 is 1. The van der Waals surface area contributed by atoms with E-state index < -0.39 is 17.7 Å². The van der Waals surface area contributed by atoms with Crippen LogP contribution in [0.25, 0.3) is 0 Å². The molecular formula is C12H16F2O2. The minimum atomic E-state index is -0.992. The average molecular weight is 230 g/mol. The number of halogens is 2. The Hall–Kier alpha value is -1.00. The summed E-state index contributed by atoms with van der Waals surface area (Å²) in [7, 11) is 1.57. The third-order valence-electron chi connectivity index (χ3n) is 2.57. The van der Waals surface area contributed by atoms with Crippen LogP contribution < -0.4 is 0 Å². The molecule has 0 saturated carbocycles. The van der Waals surface area contributed by atoms with Gasteiger partial charge in [-0.05, 0) is 38.0 Å². The van der Waals surface area contributed by atoms with Crippen molar-refractivity contribution >= 4 is 0 Å². The molecule has 0 aromatic heterocycles. The Morgan fingerprint density at radius 3 is 2.62 bits per heavy atom. The molecule has 0 saturated heterocycles. The van der Waals surface area contributed by atoms with Crippen molar-refractivity contribution < 1.29 is 18.6 Å². The molecule has 0 amide bonds. The highest BCUT2D eigenvalue weighted by Gasteiger charge is 2.14. The zero-order valence-electron chi connectivity index (χ0n) is 9.41. The molecule has 2 atom stereocenters. The first-order valence-corrected chi connectivity index (χ1v) is 5.20. The maximum atomic E-state index is 13.3. The number of aliphatic hydroxyl groups is 1. The van der Waals surface area contributed by atoms with Gasteiger partial charge in [-0.2, -0.15) is 0 Å². The highest BCUT2D eigenvalue weighted by Crippen LogP contribution is 2.23. The molecular weight excluding hydrogens is 214 g/mol. The van der Waals surface area contributed by atoms with Crippen LogP contribution in [0, 0.1) is 11.6 Å². The van der Waals surface area contributed by atoms with E-state index in [0.29, 0.717) is 12.8 Å². The van der Waals surface area contributed by atoms with Gasteiger partial charge in [-0.1, -0.05) is 0 Å². The fourth-order valence-corrected chi connectivity index (χ4v) is 1.44. The van der Waals surface area contributed by atoms with Crippen molar-refractivity contribution in [3.63, 3.8) is 0 Å². The van der Waals surface area contributed by atoms with Gasteiger partial charge in [0, 0.05) is 12.7 Å². The molecule has 0 aliphatic rings. The Balaban J connectivity index is 2.65. The van der Waals surface area contributed by atoms with Gasteiger partial charge in [0.15, 0.2) is 0 Å². The van der Waals surface area contributed by atoms with Crippen molar-refractivity contribution in [2.24, 2.45) is 0 Å². The molecule has 1 N–H and O–H groups in total. The van der Waals surface area contributed by atoms with Gasteiger partial charge in [-0.15, -0.1) is 0 Å².